The van der Waals surface area contributed by atoms with Crippen LogP contribution in [0, 0.1) is 49.9 Å². The first-order valence-corrected chi connectivity index (χ1v) is 23.9. The van der Waals surface area contributed by atoms with Crippen LogP contribution < -0.4 is 4.72 Å². The maximum absolute atomic E-state index is 12.9. The minimum atomic E-state index is -2.94. The number of hydrogen-bond donors (Lipinski definition) is 1. The van der Waals surface area contributed by atoms with Crippen LogP contribution in [0.1, 0.15) is 211 Å². The van der Waals surface area contributed by atoms with Crippen LogP contribution in [-0.4, -0.2) is 66.9 Å². The summed E-state index contributed by atoms with van der Waals surface area (Å²) in [6, 6.07) is 0.0330. The van der Waals surface area contributed by atoms with Crippen LogP contribution in [0.4, 0.5) is 17.6 Å². The van der Waals surface area contributed by atoms with E-state index in [9.17, 15) is 26.0 Å². The molecule has 2 fully saturated rings. The number of nitrogens with one attached hydrogen (secondary N) is 1. The van der Waals surface area contributed by atoms with Crippen molar-refractivity contribution in [2.45, 2.75) is 247 Å². The summed E-state index contributed by atoms with van der Waals surface area (Å²) in [6.45, 7) is 47.8. The van der Waals surface area contributed by atoms with Crippen molar-refractivity contribution >= 4 is 18.4 Å². The number of halogens is 4. The second kappa shape index (κ2) is 58.1. The first kappa shape index (κ1) is 91.5. The van der Waals surface area contributed by atoms with Crippen LogP contribution in [0.2, 0.25) is 0 Å². The zero-order valence-electron chi connectivity index (χ0n) is 45.9. The number of allylic oxidation sites excluding steroid dienone is 2. The topological polar surface area (TPSA) is 64.6 Å². The van der Waals surface area contributed by atoms with E-state index < -0.39 is 34.2 Å². The van der Waals surface area contributed by atoms with E-state index in [1.54, 1.807) is 20.3 Å². The fourth-order valence-corrected chi connectivity index (χ4v) is 4.08. The van der Waals surface area contributed by atoms with E-state index in [1.807, 2.05) is 69.2 Å². The average Bonchev–Trinajstić information content (AvgIpc) is 3.94. The van der Waals surface area contributed by atoms with Crippen molar-refractivity contribution < 1.29 is 56.5 Å². The predicted molar refractivity (Wildman–Crippen MR) is 268 cm³/mol. The third-order valence-electron chi connectivity index (χ3n) is 6.97. The van der Waals surface area contributed by atoms with Crippen LogP contribution in [-0.2, 0) is 40.6 Å². The molecular formula is C49H111BF4NO4SW. The monoisotopic (exact) mass is 1080 g/mol. The van der Waals surface area contributed by atoms with Crippen molar-refractivity contribution in [3.05, 3.63) is 27.0 Å². The average molecular weight is 1080 g/mol. The van der Waals surface area contributed by atoms with Crippen molar-refractivity contribution in [1.82, 2.24) is 4.72 Å². The number of hydrogen-bond acceptors (Lipinski definition) is 4. The van der Waals surface area contributed by atoms with Crippen LogP contribution in [0.5, 0.6) is 0 Å². The summed E-state index contributed by atoms with van der Waals surface area (Å²) in [5.74, 6) is -1.52. The summed E-state index contributed by atoms with van der Waals surface area (Å²) in [7, 11) is 0.528. The molecule has 0 saturated heterocycles. The molecule has 61 heavy (non-hydrogen) atoms. The number of sulfonamides is 1. The molecule has 0 heterocycles. The molecule has 2 aliphatic carbocycles. The van der Waals surface area contributed by atoms with Gasteiger partial charge in [0.25, 0.3) is 5.92 Å². The summed E-state index contributed by atoms with van der Waals surface area (Å²) in [5.41, 5.74) is 0.500. The van der Waals surface area contributed by atoms with Gasteiger partial charge in [0.15, 0.2) is 0 Å². The molecule has 0 aromatic rings. The third-order valence-corrected chi connectivity index (χ3v) is 9.12. The van der Waals surface area contributed by atoms with Crippen molar-refractivity contribution in [3.8, 4) is 0 Å². The van der Waals surface area contributed by atoms with E-state index in [4.69, 9.17) is 9.47 Å². The van der Waals surface area contributed by atoms with Crippen LogP contribution in [0.15, 0.2) is 12.2 Å². The molecule has 12 heteroatoms. The zero-order chi connectivity index (χ0) is 47.8. The van der Waals surface area contributed by atoms with Gasteiger partial charge in [-0.15, -0.1) is 0 Å². The molecule has 2 rings (SSSR count). The Morgan fingerprint density at radius 3 is 1.05 bits per heavy atom. The molecule has 2 atom stereocenters. The summed E-state index contributed by atoms with van der Waals surface area (Å²) < 4.78 is 83.0. The van der Waals surface area contributed by atoms with Crippen LogP contribution in [0.3, 0.4) is 0 Å². The smallest absolute Gasteiger partial charge is 0.379 e. The minimum absolute atomic E-state index is 0. The van der Waals surface area contributed by atoms with Crippen molar-refractivity contribution in [3.63, 3.8) is 0 Å². The maximum atomic E-state index is 12.9. The second-order valence-corrected chi connectivity index (χ2v) is 19.2. The molecule has 1 N–H and O–H groups in total. The van der Waals surface area contributed by atoms with Gasteiger partial charge in [0, 0.05) is 40.5 Å². The van der Waals surface area contributed by atoms with E-state index in [0.717, 1.165) is 50.0 Å². The van der Waals surface area contributed by atoms with Gasteiger partial charge in [-0.25, -0.2) is 30.7 Å². The van der Waals surface area contributed by atoms with Gasteiger partial charge in [0.2, 0.25) is 16.4 Å². The van der Waals surface area contributed by atoms with Crippen LogP contribution >= 0.6 is 0 Å². The Hall–Kier alpha value is 0.0432. The number of methoxy groups -OCH3 is 2. The second-order valence-electron chi connectivity index (χ2n) is 17.2. The Bertz CT molecular complexity index is 864. The Balaban J connectivity index is -0.0000000455. The molecule has 3 radical (unpaired) electrons. The molecule has 0 aromatic carbocycles. The molecule has 0 bridgehead atoms. The fraction of sp³-hybridized carbons (Fsp3) is 0.918. The number of rotatable bonds is 12. The van der Waals surface area contributed by atoms with E-state index in [1.165, 1.54) is 40.5 Å². The van der Waals surface area contributed by atoms with Gasteiger partial charge in [0.05, 0.1) is 17.5 Å². The third kappa shape index (κ3) is 87.6. The van der Waals surface area contributed by atoms with Gasteiger partial charge in [-0.2, -0.15) is 0 Å². The van der Waals surface area contributed by atoms with Gasteiger partial charge in [-0.05, 0) is 75.2 Å². The standard InChI is InChI=1S/C10H18F2.C6H13NO2S.C6H12O2.3C5H12.C4H8F2.3C2H6.2CH3.B.W/c1-8(2)6-5-7-10(11,12)9(3)4;1-5(2)7-10(8,9)6-3-4-6;1-7-5-3-4-6(5)8-2;1-5(2,3)4;2*1-4-5(2)3;1-3(2)4(5)6;3*1-2;;;;/h5,7-9H,6H2,1-4H3;5-7H,3-4H2,1-2H3;5-6H,3-4H2,1-2H3;1-4H3;2*5H,4H2,1-3H3;3-4H,1-2H3;3*1-2H3;2*1H3;;/q;;;;;;;;;;2*-1;;+2/b7-5+;;;;;;;;;;;;;/t;;5-,6-;;;;;;;;;;;/m..1.........../s1. The van der Waals surface area contributed by atoms with Gasteiger partial charge < -0.3 is 24.3 Å². The molecule has 2 aliphatic rings. The summed E-state index contributed by atoms with van der Waals surface area (Å²) in [5, 5.41) is -0.0881. The van der Waals surface area contributed by atoms with Gasteiger partial charge in [-0.1, -0.05) is 171 Å². The molecule has 0 amide bonds. The first-order chi connectivity index (χ1) is 25.9. The SMILES string of the molecule is CC.CC.CC.CC(C)(C)C.CC(C)C(F)F.CC(C)C/C=C/C(F)(F)C(C)C.CC(C)NS(=O)(=O)C1CC1.CCC(C)C.CCC(C)C.CO[C@@H]1CC[C@H]1OC.[B].[CH3-].[CH3-].[W+2]. The molecule has 0 aromatic heterocycles. The van der Waals surface area contributed by atoms with Gasteiger partial charge >= 0.3 is 21.1 Å². The molecule has 5 nitrogen and oxygen atoms in total. The summed E-state index contributed by atoms with van der Waals surface area (Å²) >= 11 is 0. The van der Waals surface area contributed by atoms with Crippen molar-refractivity contribution in [1.29, 1.82) is 0 Å². The number of alkyl halides is 4. The molecule has 0 aliphatic heterocycles. The van der Waals surface area contributed by atoms with E-state index >= 15 is 0 Å². The molecule has 379 valence electrons. The van der Waals surface area contributed by atoms with E-state index in [-0.39, 0.29) is 55.6 Å². The zero-order valence-corrected chi connectivity index (χ0v) is 49.7. The fourth-order valence-electron chi connectivity index (χ4n) is 2.47. The minimum Gasteiger partial charge on any atom is -0.379 e. The van der Waals surface area contributed by atoms with Crippen molar-refractivity contribution in [2.24, 2.45) is 35.0 Å². The molecule has 2 saturated carbocycles. The van der Waals surface area contributed by atoms with E-state index in [0.29, 0.717) is 23.5 Å². The largest absolute Gasteiger partial charge is 2.00 e. The van der Waals surface area contributed by atoms with E-state index in [2.05, 4.69) is 74.0 Å². The van der Waals surface area contributed by atoms with Gasteiger partial charge in [-0.3, -0.25) is 0 Å². The predicted octanol–water partition coefficient (Wildman–Crippen LogP) is 16.8. The Kier molecular flexibility index (Phi) is 87.1. The molecule has 0 spiro atoms. The van der Waals surface area contributed by atoms with Gasteiger partial charge in [0.1, 0.15) is 0 Å². The maximum Gasteiger partial charge on any atom is 2.00 e. The molecule has 0 unspecified atom stereocenters. The quantitative estimate of drug-likeness (QED) is 0.0915. The molecular weight excluding hydrogens is 969 g/mol. The summed E-state index contributed by atoms with van der Waals surface area (Å²) in [4.78, 5) is 0. The normalized spacial score (nSPS) is 14.7. The summed E-state index contributed by atoms with van der Waals surface area (Å²) in [6.07, 6.45) is 8.53. The van der Waals surface area contributed by atoms with Crippen molar-refractivity contribution in [2.75, 3.05) is 14.2 Å². The van der Waals surface area contributed by atoms with Crippen LogP contribution in [0.25, 0.3) is 0 Å². The first-order valence-electron chi connectivity index (χ1n) is 22.3. The Labute approximate surface area is 401 Å². The Morgan fingerprint density at radius 2 is 0.918 bits per heavy atom. The number of ether oxygens (including phenoxy) is 2. The Morgan fingerprint density at radius 1 is 0.656 bits per heavy atom.